The van der Waals surface area contributed by atoms with Crippen molar-refractivity contribution in [3.05, 3.63) is 52.2 Å². The molecule has 1 aromatic carbocycles. The van der Waals surface area contributed by atoms with Gasteiger partial charge in [0.2, 0.25) is 15.9 Å². The van der Waals surface area contributed by atoms with E-state index in [-0.39, 0.29) is 23.3 Å². The summed E-state index contributed by atoms with van der Waals surface area (Å²) in [7, 11) is -3.72. The number of hydrogen-bond acceptors (Lipinski definition) is 5. The summed E-state index contributed by atoms with van der Waals surface area (Å²) in [6.07, 6.45) is 2.58. The van der Waals surface area contributed by atoms with Crippen molar-refractivity contribution in [1.29, 1.82) is 0 Å². The Morgan fingerprint density at radius 3 is 2.50 bits per heavy atom. The van der Waals surface area contributed by atoms with Gasteiger partial charge in [-0.15, -0.1) is 11.3 Å². The Balaban J connectivity index is 1.59. The third kappa shape index (κ3) is 5.64. The number of amides is 1. The van der Waals surface area contributed by atoms with Crippen molar-refractivity contribution in [1.82, 2.24) is 10.2 Å². The van der Waals surface area contributed by atoms with Gasteiger partial charge in [-0.2, -0.15) is 0 Å². The smallest absolute Gasteiger partial charge is 0.238 e. The summed E-state index contributed by atoms with van der Waals surface area (Å²) in [5.74, 6) is 0.686. The number of hydrogen-bond donors (Lipinski definition) is 2. The molecule has 1 unspecified atom stereocenters. The summed E-state index contributed by atoms with van der Waals surface area (Å²) < 4.78 is 22.6. The van der Waals surface area contributed by atoms with Gasteiger partial charge in [-0.1, -0.05) is 25.1 Å². The molecule has 8 heteroatoms. The van der Waals surface area contributed by atoms with Gasteiger partial charge in [0, 0.05) is 11.4 Å². The van der Waals surface area contributed by atoms with E-state index in [9.17, 15) is 13.2 Å². The molecule has 1 atom stereocenters. The molecule has 1 aromatic heterocycles. The molecular weight excluding hydrogens is 394 g/mol. The largest absolute Gasteiger partial charge is 0.354 e. The van der Waals surface area contributed by atoms with Crippen LogP contribution in [0.5, 0.6) is 0 Å². The molecule has 2 heterocycles. The first-order valence-corrected chi connectivity index (χ1v) is 11.9. The Bertz CT molecular complexity index is 872. The molecule has 3 N–H and O–H groups in total. The molecule has 6 nitrogen and oxygen atoms in total. The number of thiophene rings is 1. The highest BCUT2D eigenvalue weighted by Crippen LogP contribution is 2.29. The summed E-state index contributed by atoms with van der Waals surface area (Å²) in [6.45, 7) is 4.96. The molecule has 1 fully saturated rings. The average molecular weight is 422 g/mol. The molecule has 1 aliphatic rings. The lowest BCUT2D eigenvalue weighted by Crippen LogP contribution is -2.41. The van der Waals surface area contributed by atoms with Crippen LogP contribution in [0.3, 0.4) is 0 Å². The van der Waals surface area contributed by atoms with Crippen molar-refractivity contribution in [3.63, 3.8) is 0 Å². The van der Waals surface area contributed by atoms with Crippen LogP contribution >= 0.6 is 11.3 Å². The van der Waals surface area contributed by atoms with E-state index in [0.717, 1.165) is 24.6 Å². The van der Waals surface area contributed by atoms with Gasteiger partial charge in [-0.3, -0.25) is 9.69 Å². The predicted octanol–water partition coefficient (Wildman–Crippen LogP) is 2.53. The van der Waals surface area contributed by atoms with Crippen LogP contribution in [-0.2, 0) is 21.2 Å². The zero-order chi connectivity index (χ0) is 20.1. The molecule has 2 aromatic rings. The van der Waals surface area contributed by atoms with Gasteiger partial charge < -0.3 is 5.32 Å². The highest BCUT2D eigenvalue weighted by Gasteiger charge is 2.25. The molecular formula is C20H27N3O3S2. The number of carbonyl (C=O) groups excluding carboxylic acids is 1. The number of carbonyl (C=O) groups is 1. The third-order valence-electron chi connectivity index (χ3n) is 5.24. The molecule has 0 spiro atoms. The van der Waals surface area contributed by atoms with Crippen LogP contribution in [-0.4, -0.2) is 38.9 Å². The lowest BCUT2D eigenvalue weighted by atomic mass is 9.97. The SMILES string of the molecule is CC1CCN(C(CNC(=O)Cc2ccc(S(N)(=O)=O)cc2)c2cccs2)CC1. The zero-order valence-electron chi connectivity index (χ0n) is 16.0. The predicted molar refractivity (Wildman–Crippen MR) is 112 cm³/mol. The molecule has 3 rings (SSSR count). The quantitative estimate of drug-likeness (QED) is 0.718. The van der Waals surface area contributed by atoms with E-state index < -0.39 is 10.0 Å². The maximum Gasteiger partial charge on any atom is 0.238 e. The number of rotatable bonds is 7. The molecule has 28 heavy (non-hydrogen) atoms. The topological polar surface area (TPSA) is 92.5 Å². The Labute approximate surface area is 170 Å². The van der Waals surface area contributed by atoms with Crippen LogP contribution in [0.2, 0.25) is 0 Å². The minimum atomic E-state index is -3.72. The number of sulfonamides is 1. The number of nitrogens with one attached hydrogen (secondary N) is 1. The number of likely N-dealkylation sites (tertiary alicyclic amines) is 1. The van der Waals surface area contributed by atoms with E-state index in [1.165, 1.54) is 29.9 Å². The van der Waals surface area contributed by atoms with E-state index >= 15 is 0 Å². The van der Waals surface area contributed by atoms with Gasteiger partial charge in [0.05, 0.1) is 17.4 Å². The van der Waals surface area contributed by atoms with Crippen molar-refractivity contribution in [2.75, 3.05) is 19.6 Å². The molecule has 152 valence electrons. The van der Waals surface area contributed by atoms with E-state index in [1.807, 2.05) is 0 Å². The molecule has 0 aliphatic carbocycles. The summed E-state index contributed by atoms with van der Waals surface area (Å²) in [5.41, 5.74) is 0.754. The number of nitrogens with two attached hydrogens (primary N) is 1. The van der Waals surface area contributed by atoms with Crippen LogP contribution in [0.15, 0.2) is 46.7 Å². The molecule has 1 saturated heterocycles. The third-order valence-corrected chi connectivity index (χ3v) is 7.14. The molecule has 0 bridgehead atoms. The van der Waals surface area contributed by atoms with Gasteiger partial charge in [0.1, 0.15) is 0 Å². The van der Waals surface area contributed by atoms with Crippen LogP contribution in [0, 0.1) is 5.92 Å². The summed E-state index contributed by atoms with van der Waals surface area (Å²) >= 11 is 1.72. The van der Waals surface area contributed by atoms with E-state index in [2.05, 4.69) is 34.7 Å². The Hall–Kier alpha value is -1.74. The zero-order valence-corrected chi connectivity index (χ0v) is 17.6. The second-order valence-electron chi connectivity index (χ2n) is 7.42. The van der Waals surface area contributed by atoms with Crippen molar-refractivity contribution >= 4 is 27.3 Å². The van der Waals surface area contributed by atoms with Crippen LogP contribution < -0.4 is 10.5 Å². The van der Waals surface area contributed by atoms with E-state index in [1.54, 1.807) is 23.5 Å². The fourth-order valence-electron chi connectivity index (χ4n) is 3.49. The van der Waals surface area contributed by atoms with Gasteiger partial charge in [-0.25, -0.2) is 13.6 Å². The first-order chi connectivity index (χ1) is 13.3. The second-order valence-corrected chi connectivity index (χ2v) is 9.96. The lowest BCUT2D eigenvalue weighted by Gasteiger charge is -2.36. The van der Waals surface area contributed by atoms with E-state index in [4.69, 9.17) is 5.14 Å². The van der Waals surface area contributed by atoms with Gasteiger partial charge >= 0.3 is 0 Å². The maximum atomic E-state index is 12.4. The van der Waals surface area contributed by atoms with Crippen molar-refractivity contribution in [2.24, 2.45) is 11.1 Å². The average Bonchev–Trinajstić information content (AvgIpc) is 3.17. The van der Waals surface area contributed by atoms with Gasteiger partial charge in [-0.05, 0) is 61.0 Å². The molecule has 0 radical (unpaired) electrons. The summed E-state index contributed by atoms with van der Waals surface area (Å²) in [4.78, 5) is 16.2. The Morgan fingerprint density at radius 2 is 1.93 bits per heavy atom. The number of benzene rings is 1. The lowest BCUT2D eigenvalue weighted by molar-refractivity contribution is -0.120. The first kappa shape index (κ1) is 21.0. The number of nitrogens with zero attached hydrogens (tertiary/aromatic N) is 1. The molecule has 1 aliphatic heterocycles. The van der Waals surface area contributed by atoms with Crippen LogP contribution in [0.1, 0.15) is 36.2 Å². The highest BCUT2D eigenvalue weighted by atomic mass is 32.2. The van der Waals surface area contributed by atoms with Crippen LogP contribution in [0.25, 0.3) is 0 Å². The monoisotopic (exact) mass is 421 g/mol. The van der Waals surface area contributed by atoms with E-state index in [0.29, 0.717) is 6.54 Å². The first-order valence-electron chi connectivity index (χ1n) is 9.49. The molecule has 0 saturated carbocycles. The summed E-state index contributed by atoms with van der Waals surface area (Å²) in [5, 5.41) is 10.2. The highest BCUT2D eigenvalue weighted by molar-refractivity contribution is 7.89. The van der Waals surface area contributed by atoms with Crippen molar-refractivity contribution in [2.45, 2.75) is 37.1 Å². The normalized spacial score (nSPS) is 17.4. The fraction of sp³-hybridized carbons (Fsp3) is 0.450. The number of primary sulfonamides is 1. The Morgan fingerprint density at radius 1 is 1.25 bits per heavy atom. The Kier molecular flexibility index (Phi) is 6.87. The maximum absolute atomic E-state index is 12.4. The fourth-order valence-corrected chi connectivity index (χ4v) is 4.86. The second kappa shape index (κ2) is 9.17. The van der Waals surface area contributed by atoms with Crippen LogP contribution in [0.4, 0.5) is 0 Å². The van der Waals surface area contributed by atoms with Crippen molar-refractivity contribution in [3.8, 4) is 0 Å². The summed E-state index contributed by atoms with van der Waals surface area (Å²) in [6, 6.07) is 10.5. The van der Waals surface area contributed by atoms with Gasteiger partial charge in [0.25, 0.3) is 0 Å². The van der Waals surface area contributed by atoms with Gasteiger partial charge in [0.15, 0.2) is 0 Å². The standard InChI is InChI=1S/C20H27N3O3S2/c1-15-8-10-23(11-9-15)18(19-3-2-12-27-19)14-22-20(24)13-16-4-6-17(7-5-16)28(21,25)26/h2-7,12,15,18H,8-11,13-14H2,1H3,(H,22,24)(H2,21,25,26). The van der Waals surface area contributed by atoms with Crippen molar-refractivity contribution < 1.29 is 13.2 Å². The molecule has 1 amide bonds. The minimum Gasteiger partial charge on any atom is -0.354 e. The minimum absolute atomic E-state index is 0.0498. The number of piperidine rings is 1.